The monoisotopic (exact) mass is 374 g/mol. The van der Waals surface area contributed by atoms with E-state index in [0.29, 0.717) is 35.7 Å². The van der Waals surface area contributed by atoms with E-state index < -0.39 is 5.97 Å². The lowest BCUT2D eigenvalue weighted by atomic mass is 10.1. The van der Waals surface area contributed by atoms with Crippen molar-refractivity contribution in [1.82, 2.24) is 9.88 Å². The summed E-state index contributed by atoms with van der Waals surface area (Å²) in [4.78, 5) is 29.8. The lowest BCUT2D eigenvalue weighted by molar-refractivity contribution is 0.0387. The number of esters is 1. The summed E-state index contributed by atoms with van der Waals surface area (Å²) in [5.41, 5.74) is 2.91. The van der Waals surface area contributed by atoms with Crippen LogP contribution in [-0.2, 0) is 16.0 Å². The van der Waals surface area contributed by atoms with Crippen molar-refractivity contribution in [2.24, 2.45) is 0 Å². The molecule has 0 fully saturated rings. The van der Waals surface area contributed by atoms with E-state index in [1.807, 2.05) is 24.3 Å². The Morgan fingerprint density at radius 3 is 2.56 bits per heavy atom. The van der Waals surface area contributed by atoms with E-state index in [4.69, 9.17) is 14.2 Å². The van der Waals surface area contributed by atoms with Crippen LogP contribution in [0.1, 0.15) is 37.7 Å². The third-order valence-electron chi connectivity index (χ3n) is 4.28. The zero-order valence-corrected chi connectivity index (χ0v) is 16.4. The van der Waals surface area contributed by atoms with Crippen LogP contribution in [0, 0.1) is 13.8 Å². The number of carbonyl (C=O) groups excluding carboxylic acids is 2. The van der Waals surface area contributed by atoms with Crippen LogP contribution in [0.25, 0.3) is 0 Å². The molecule has 0 aliphatic carbocycles. The van der Waals surface area contributed by atoms with E-state index in [9.17, 15) is 9.59 Å². The largest absolute Gasteiger partial charge is 0.497 e. The van der Waals surface area contributed by atoms with Crippen LogP contribution in [0.5, 0.6) is 5.75 Å². The summed E-state index contributed by atoms with van der Waals surface area (Å²) in [5.74, 6) is 0.0727. The van der Waals surface area contributed by atoms with Crippen molar-refractivity contribution in [3.63, 3.8) is 0 Å². The van der Waals surface area contributed by atoms with Gasteiger partial charge in [0.05, 0.1) is 19.3 Å². The van der Waals surface area contributed by atoms with Gasteiger partial charge in [0.1, 0.15) is 18.1 Å². The van der Waals surface area contributed by atoms with E-state index in [2.05, 4.69) is 4.98 Å². The molecular formula is C20H26N2O5. The topological polar surface area (TPSA) is 80.9 Å². The summed E-state index contributed by atoms with van der Waals surface area (Å²) in [6.45, 7) is 4.39. The van der Waals surface area contributed by atoms with Crippen LogP contribution in [0.4, 0.5) is 0 Å². The summed E-state index contributed by atoms with van der Waals surface area (Å²) < 4.78 is 15.3. The smallest absolute Gasteiger partial charge is 0.340 e. The number of nitrogens with one attached hydrogen (secondary N) is 1. The standard InChI is InChI=1S/C20H26N2O5/c1-13-17(20(24)27-10-9-25-4)14(2)21-18(13)19(23)22(3)12-15-7-6-8-16(11-15)26-5/h6-8,11,21H,9-10,12H2,1-5H3. The average molecular weight is 374 g/mol. The molecule has 1 heterocycles. The highest BCUT2D eigenvalue weighted by Gasteiger charge is 2.24. The van der Waals surface area contributed by atoms with Gasteiger partial charge in [-0.15, -0.1) is 0 Å². The maximum atomic E-state index is 12.9. The van der Waals surface area contributed by atoms with E-state index in [1.165, 1.54) is 7.11 Å². The van der Waals surface area contributed by atoms with Gasteiger partial charge in [0.15, 0.2) is 0 Å². The summed E-state index contributed by atoms with van der Waals surface area (Å²) in [6.07, 6.45) is 0. The normalized spacial score (nSPS) is 10.6. The molecule has 27 heavy (non-hydrogen) atoms. The fraction of sp³-hybridized carbons (Fsp3) is 0.400. The second kappa shape index (κ2) is 9.23. The molecule has 0 radical (unpaired) electrons. The molecule has 1 aromatic heterocycles. The number of aromatic nitrogens is 1. The summed E-state index contributed by atoms with van der Waals surface area (Å²) in [6, 6.07) is 7.54. The minimum absolute atomic E-state index is 0.165. The fourth-order valence-electron chi connectivity index (χ4n) is 2.87. The predicted octanol–water partition coefficient (Wildman–Crippen LogP) is 2.72. The Kier molecular flexibility index (Phi) is 7.01. The van der Waals surface area contributed by atoms with Gasteiger partial charge in [0.2, 0.25) is 0 Å². The number of rotatable bonds is 8. The second-order valence-electron chi connectivity index (χ2n) is 6.27. The van der Waals surface area contributed by atoms with Crippen LogP contribution in [-0.4, -0.2) is 56.2 Å². The molecule has 1 amide bonds. The van der Waals surface area contributed by atoms with E-state index in [1.54, 1.807) is 32.9 Å². The molecule has 0 atom stereocenters. The van der Waals surface area contributed by atoms with Gasteiger partial charge in [0, 0.05) is 26.4 Å². The second-order valence-corrected chi connectivity index (χ2v) is 6.27. The third kappa shape index (κ3) is 4.89. The number of hydrogen-bond acceptors (Lipinski definition) is 5. The van der Waals surface area contributed by atoms with E-state index in [-0.39, 0.29) is 12.5 Å². The van der Waals surface area contributed by atoms with E-state index in [0.717, 1.165) is 11.3 Å². The molecule has 1 N–H and O–H groups in total. The molecule has 0 bridgehead atoms. The number of aromatic amines is 1. The van der Waals surface area contributed by atoms with Gasteiger partial charge in [-0.3, -0.25) is 4.79 Å². The molecular weight excluding hydrogens is 348 g/mol. The predicted molar refractivity (Wildman–Crippen MR) is 101 cm³/mol. The Morgan fingerprint density at radius 2 is 1.89 bits per heavy atom. The Balaban J connectivity index is 2.15. The molecule has 2 rings (SSSR count). The van der Waals surface area contributed by atoms with Crippen LogP contribution >= 0.6 is 0 Å². The molecule has 146 valence electrons. The van der Waals surface area contributed by atoms with Crippen molar-refractivity contribution in [2.45, 2.75) is 20.4 Å². The van der Waals surface area contributed by atoms with Crippen molar-refractivity contribution < 1.29 is 23.8 Å². The van der Waals surface area contributed by atoms with Crippen molar-refractivity contribution in [1.29, 1.82) is 0 Å². The number of hydrogen-bond donors (Lipinski definition) is 1. The molecule has 0 spiro atoms. The lowest BCUT2D eigenvalue weighted by Crippen LogP contribution is -2.27. The molecule has 0 saturated carbocycles. The van der Waals surface area contributed by atoms with E-state index >= 15 is 0 Å². The Morgan fingerprint density at radius 1 is 1.15 bits per heavy atom. The molecule has 0 aliphatic rings. The summed E-state index contributed by atoms with van der Waals surface area (Å²) in [5, 5.41) is 0. The zero-order valence-electron chi connectivity index (χ0n) is 16.4. The minimum Gasteiger partial charge on any atom is -0.497 e. The van der Waals surface area contributed by atoms with Gasteiger partial charge >= 0.3 is 5.97 Å². The summed E-state index contributed by atoms with van der Waals surface area (Å²) in [7, 11) is 4.86. The molecule has 1 aromatic carbocycles. The highest BCUT2D eigenvalue weighted by Crippen LogP contribution is 2.21. The maximum Gasteiger partial charge on any atom is 0.340 e. The molecule has 2 aromatic rings. The highest BCUT2D eigenvalue weighted by atomic mass is 16.6. The lowest BCUT2D eigenvalue weighted by Gasteiger charge is -2.17. The Bertz CT molecular complexity index is 813. The van der Waals surface area contributed by atoms with Gasteiger partial charge in [-0.2, -0.15) is 0 Å². The SMILES string of the molecule is COCCOC(=O)c1c(C)[nH]c(C(=O)N(C)Cc2cccc(OC)c2)c1C. The van der Waals surface area contributed by atoms with Gasteiger partial charge in [0.25, 0.3) is 5.91 Å². The summed E-state index contributed by atoms with van der Waals surface area (Å²) >= 11 is 0. The number of carbonyl (C=O) groups is 2. The number of nitrogens with zero attached hydrogens (tertiary/aromatic N) is 1. The van der Waals surface area contributed by atoms with Gasteiger partial charge in [-0.25, -0.2) is 4.79 Å². The van der Waals surface area contributed by atoms with Gasteiger partial charge in [-0.05, 0) is 37.1 Å². The number of benzene rings is 1. The quantitative estimate of drug-likeness (QED) is 0.568. The fourth-order valence-corrected chi connectivity index (χ4v) is 2.87. The van der Waals surface area contributed by atoms with Gasteiger partial charge in [-0.1, -0.05) is 12.1 Å². The third-order valence-corrected chi connectivity index (χ3v) is 4.28. The highest BCUT2D eigenvalue weighted by molar-refractivity contribution is 6.00. The van der Waals surface area contributed by atoms with Crippen LogP contribution in [0.3, 0.4) is 0 Å². The van der Waals surface area contributed by atoms with Crippen molar-refractivity contribution in [3.05, 3.63) is 52.3 Å². The number of H-pyrrole nitrogens is 1. The van der Waals surface area contributed by atoms with Gasteiger partial charge < -0.3 is 24.1 Å². The van der Waals surface area contributed by atoms with Crippen molar-refractivity contribution >= 4 is 11.9 Å². The van der Waals surface area contributed by atoms with Crippen LogP contribution in [0.2, 0.25) is 0 Å². The number of methoxy groups -OCH3 is 2. The van der Waals surface area contributed by atoms with Crippen molar-refractivity contribution in [3.8, 4) is 5.75 Å². The number of amides is 1. The van der Waals surface area contributed by atoms with Crippen LogP contribution < -0.4 is 4.74 Å². The number of aryl methyl sites for hydroxylation is 1. The zero-order chi connectivity index (χ0) is 20.0. The molecule has 7 nitrogen and oxygen atoms in total. The molecule has 0 saturated heterocycles. The first kappa shape index (κ1) is 20.5. The van der Waals surface area contributed by atoms with Crippen LogP contribution in [0.15, 0.2) is 24.3 Å². The molecule has 0 aliphatic heterocycles. The minimum atomic E-state index is -0.465. The number of ether oxygens (including phenoxy) is 3. The Labute approximate surface area is 159 Å². The maximum absolute atomic E-state index is 12.9. The average Bonchev–Trinajstić information content (AvgIpc) is 2.95. The molecule has 0 unspecified atom stereocenters. The molecule has 7 heteroatoms. The Hall–Kier alpha value is -2.80. The van der Waals surface area contributed by atoms with Crippen molar-refractivity contribution in [2.75, 3.05) is 34.5 Å². The first-order chi connectivity index (χ1) is 12.9. The first-order valence-electron chi connectivity index (χ1n) is 8.62. The first-order valence-corrected chi connectivity index (χ1v) is 8.62.